The van der Waals surface area contributed by atoms with E-state index in [1.165, 1.54) is 11.1 Å². The maximum absolute atomic E-state index is 7.86. The van der Waals surface area contributed by atoms with Crippen molar-refractivity contribution in [3.8, 4) is 5.82 Å². The molecular weight excluding hydrogens is 262 g/mol. The molecule has 5 nitrogen and oxygen atoms in total. The first-order valence-corrected chi connectivity index (χ1v) is 7.45. The van der Waals surface area contributed by atoms with E-state index in [-0.39, 0.29) is 5.84 Å². The number of hydrogen-bond donors (Lipinski definition) is 2. The van der Waals surface area contributed by atoms with E-state index in [0.717, 1.165) is 42.8 Å². The molecule has 2 aromatic rings. The van der Waals surface area contributed by atoms with Crippen molar-refractivity contribution in [2.45, 2.75) is 46.5 Å². The Balaban J connectivity index is 2.24. The molecule has 0 amide bonds. The Morgan fingerprint density at radius 1 is 1.38 bits per heavy atom. The average molecular weight is 283 g/mol. The van der Waals surface area contributed by atoms with E-state index < -0.39 is 0 Å². The van der Waals surface area contributed by atoms with E-state index >= 15 is 0 Å². The van der Waals surface area contributed by atoms with E-state index in [0.29, 0.717) is 11.4 Å². The zero-order valence-electron chi connectivity index (χ0n) is 12.8. The highest BCUT2D eigenvalue weighted by Gasteiger charge is 2.21. The minimum Gasteiger partial charge on any atom is -0.384 e. The first kappa shape index (κ1) is 13.8. The Labute approximate surface area is 124 Å². The molecule has 0 bridgehead atoms. The number of fused-ring (bicyclic) bond motifs is 1. The molecule has 3 N–H and O–H groups in total. The lowest BCUT2D eigenvalue weighted by molar-refractivity contribution is 0.793. The SMILES string of the molecule is CCc1c(C)nn(-c2nc3c(cc2C(=N)N)CCC3)c1C. The van der Waals surface area contributed by atoms with Gasteiger partial charge in [0, 0.05) is 11.4 Å². The van der Waals surface area contributed by atoms with Crippen LogP contribution < -0.4 is 5.73 Å². The molecule has 0 spiro atoms. The molecule has 1 aliphatic carbocycles. The normalized spacial score (nSPS) is 13.5. The number of nitrogens with two attached hydrogens (primary N) is 1. The molecule has 110 valence electrons. The minimum absolute atomic E-state index is 0.0535. The van der Waals surface area contributed by atoms with Crippen molar-refractivity contribution >= 4 is 5.84 Å². The molecule has 0 aromatic carbocycles. The summed E-state index contributed by atoms with van der Waals surface area (Å²) in [5, 5.41) is 12.5. The number of hydrogen-bond acceptors (Lipinski definition) is 3. The molecule has 0 atom stereocenters. The number of aryl methyl sites for hydroxylation is 3. The van der Waals surface area contributed by atoms with Gasteiger partial charge in [0.15, 0.2) is 5.82 Å². The van der Waals surface area contributed by atoms with Gasteiger partial charge in [0.2, 0.25) is 0 Å². The van der Waals surface area contributed by atoms with Crippen LogP contribution in [0.15, 0.2) is 6.07 Å². The number of aromatic nitrogens is 3. The fraction of sp³-hybridized carbons (Fsp3) is 0.438. The highest BCUT2D eigenvalue weighted by Crippen LogP contribution is 2.26. The second-order valence-electron chi connectivity index (χ2n) is 5.65. The predicted octanol–water partition coefficient (Wildman–Crippen LogP) is 2.22. The molecule has 21 heavy (non-hydrogen) atoms. The molecule has 3 rings (SSSR count). The van der Waals surface area contributed by atoms with Gasteiger partial charge in [-0.05, 0) is 56.7 Å². The third-order valence-electron chi connectivity index (χ3n) is 4.32. The predicted molar refractivity (Wildman–Crippen MR) is 83.3 cm³/mol. The van der Waals surface area contributed by atoms with Gasteiger partial charge < -0.3 is 5.73 Å². The van der Waals surface area contributed by atoms with Crippen LogP contribution in [0.2, 0.25) is 0 Å². The summed E-state index contributed by atoms with van der Waals surface area (Å²) < 4.78 is 1.85. The number of rotatable bonds is 3. The largest absolute Gasteiger partial charge is 0.384 e. The van der Waals surface area contributed by atoms with Crippen molar-refractivity contribution < 1.29 is 0 Å². The molecule has 0 saturated heterocycles. The molecule has 0 radical (unpaired) electrons. The maximum atomic E-state index is 7.86. The number of nitrogen functional groups attached to an aromatic ring is 1. The van der Waals surface area contributed by atoms with E-state index in [1.807, 2.05) is 17.7 Å². The van der Waals surface area contributed by atoms with Crippen LogP contribution >= 0.6 is 0 Å². The summed E-state index contributed by atoms with van der Waals surface area (Å²) in [7, 11) is 0. The topological polar surface area (TPSA) is 80.6 Å². The first-order valence-electron chi connectivity index (χ1n) is 7.45. The molecule has 5 heteroatoms. The third kappa shape index (κ3) is 2.13. The van der Waals surface area contributed by atoms with Gasteiger partial charge in [-0.3, -0.25) is 5.41 Å². The van der Waals surface area contributed by atoms with Gasteiger partial charge >= 0.3 is 0 Å². The third-order valence-corrected chi connectivity index (χ3v) is 4.32. The van der Waals surface area contributed by atoms with Gasteiger partial charge in [0.25, 0.3) is 0 Å². The van der Waals surface area contributed by atoms with Crippen molar-refractivity contribution in [1.82, 2.24) is 14.8 Å². The molecule has 0 fully saturated rings. The summed E-state index contributed by atoms with van der Waals surface area (Å²) in [4.78, 5) is 4.77. The fourth-order valence-corrected chi connectivity index (χ4v) is 3.21. The first-order chi connectivity index (χ1) is 10.0. The van der Waals surface area contributed by atoms with Gasteiger partial charge in [-0.15, -0.1) is 0 Å². The van der Waals surface area contributed by atoms with Gasteiger partial charge in [-0.2, -0.15) is 5.10 Å². The zero-order chi connectivity index (χ0) is 15.1. The van der Waals surface area contributed by atoms with Crippen LogP contribution in [0.3, 0.4) is 0 Å². The van der Waals surface area contributed by atoms with Gasteiger partial charge in [-0.25, -0.2) is 9.67 Å². The van der Waals surface area contributed by atoms with E-state index in [2.05, 4.69) is 18.9 Å². The van der Waals surface area contributed by atoms with Crippen molar-refractivity contribution in [2.24, 2.45) is 5.73 Å². The number of pyridine rings is 1. The van der Waals surface area contributed by atoms with Crippen LogP contribution in [0, 0.1) is 19.3 Å². The molecule has 0 saturated carbocycles. The van der Waals surface area contributed by atoms with Crippen LogP contribution in [-0.2, 0) is 19.3 Å². The standard InChI is InChI=1S/C16H21N5/c1-4-12-9(2)20-21(10(12)3)16-13(15(17)18)8-11-6-5-7-14(11)19-16/h8H,4-7H2,1-3H3,(H3,17,18). The Kier molecular flexibility index (Phi) is 3.27. The van der Waals surface area contributed by atoms with E-state index in [1.54, 1.807) is 0 Å². The molecular formula is C16H21N5. The summed E-state index contributed by atoms with van der Waals surface area (Å²) in [6, 6.07) is 2.02. The van der Waals surface area contributed by atoms with Crippen molar-refractivity contribution in [2.75, 3.05) is 0 Å². The molecule has 2 heterocycles. The van der Waals surface area contributed by atoms with E-state index in [4.69, 9.17) is 16.1 Å². The lowest BCUT2D eigenvalue weighted by Gasteiger charge is -2.12. The van der Waals surface area contributed by atoms with Crippen LogP contribution in [0.1, 0.15) is 47.1 Å². The Morgan fingerprint density at radius 3 is 2.76 bits per heavy atom. The van der Waals surface area contributed by atoms with Crippen LogP contribution in [0.25, 0.3) is 5.82 Å². The second-order valence-corrected chi connectivity index (χ2v) is 5.65. The highest BCUT2D eigenvalue weighted by molar-refractivity contribution is 5.98. The molecule has 2 aromatic heterocycles. The van der Waals surface area contributed by atoms with Crippen molar-refractivity contribution in [3.05, 3.63) is 39.8 Å². The Bertz CT molecular complexity index is 727. The molecule has 0 unspecified atom stereocenters. The summed E-state index contributed by atoms with van der Waals surface area (Å²) in [6.45, 7) is 6.20. The van der Waals surface area contributed by atoms with Crippen LogP contribution in [-0.4, -0.2) is 20.6 Å². The average Bonchev–Trinajstić information content (AvgIpc) is 3.01. The lowest BCUT2D eigenvalue weighted by Crippen LogP contribution is -2.18. The lowest BCUT2D eigenvalue weighted by atomic mass is 10.1. The zero-order valence-corrected chi connectivity index (χ0v) is 12.8. The summed E-state index contributed by atoms with van der Waals surface area (Å²) >= 11 is 0. The van der Waals surface area contributed by atoms with Gasteiger partial charge in [0.05, 0.1) is 11.3 Å². The highest BCUT2D eigenvalue weighted by atomic mass is 15.3. The number of nitrogens with zero attached hydrogens (tertiary/aromatic N) is 3. The molecule has 0 aliphatic heterocycles. The summed E-state index contributed by atoms with van der Waals surface area (Å²) in [5.74, 6) is 0.751. The number of nitrogens with one attached hydrogen (secondary N) is 1. The Hall–Kier alpha value is -2.17. The van der Waals surface area contributed by atoms with Gasteiger partial charge in [0.1, 0.15) is 5.84 Å². The fourth-order valence-electron chi connectivity index (χ4n) is 3.21. The minimum atomic E-state index is 0.0535. The quantitative estimate of drug-likeness (QED) is 0.669. The van der Waals surface area contributed by atoms with Crippen molar-refractivity contribution in [3.63, 3.8) is 0 Å². The summed E-state index contributed by atoms with van der Waals surface area (Å²) in [5.41, 5.74) is 12.2. The van der Waals surface area contributed by atoms with Crippen LogP contribution in [0.4, 0.5) is 0 Å². The van der Waals surface area contributed by atoms with Crippen LogP contribution in [0.5, 0.6) is 0 Å². The van der Waals surface area contributed by atoms with E-state index in [9.17, 15) is 0 Å². The molecule has 1 aliphatic rings. The maximum Gasteiger partial charge on any atom is 0.164 e. The monoisotopic (exact) mass is 283 g/mol. The number of amidine groups is 1. The van der Waals surface area contributed by atoms with Gasteiger partial charge in [-0.1, -0.05) is 6.92 Å². The Morgan fingerprint density at radius 2 is 2.14 bits per heavy atom. The van der Waals surface area contributed by atoms with Crippen molar-refractivity contribution in [1.29, 1.82) is 5.41 Å². The second kappa shape index (κ2) is 4.98. The smallest absolute Gasteiger partial charge is 0.164 e. The summed E-state index contributed by atoms with van der Waals surface area (Å²) in [6.07, 6.45) is 4.10.